The minimum Gasteiger partial charge on any atom is -0.493 e. The Bertz CT molecular complexity index is 744. The lowest BCUT2D eigenvalue weighted by Crippen LogP contribution is -2.14. The van der Waals surface area contributed by atoms with E-state index in [2.05, 4.69) is 22.5 Å². The molecule has 1 aliphatic rings. The fourth-order valence-corrected chi connectivity index (χ4v) is 2.83. The molecule has 1 atom stereocenters. The van der Waals surface area contributed by atoms with Crippen molar-refractivity contribution < 1.29 is 14.3 Å². The van der Waals surface area contributed by atoms with E-state index in [9.17, 15) is 4.79 Å². The molecule has 0 fully saturated rings. The molecule has 1 unspecified atom stereocenters. The number of carbonyl (C=O) groups is 1. The van der Waals surface area contributed by atoms with E-state index < -0.39 is 0 Å². The van der Waals surface area contributed by atoms with Crippen molar-refractivity contribution in [1.29, 1.82) is 0 Å². The zero-order valence-electron chi connectivity index (χ0n) is 14.3. The summed E-state index contributed by atoms with van der Waals surface area (Å²) in [5.41, 5.74) is 1.67. The van der Waals surface area contributed by atoms with E-state index in [4.69, 9.17) is 9.47 Å². The van der Waals surface area contributed by atoms with Crippen molar-refractivity contribution in [3.63, 3.8) is 0 Å². The van der Waals surface area contributed by atoms with Crippen molar-refractivity contribution >= 4 is 11.6 Å². The van der Waals surface area contributed by atoms with Crippen molar-refractivity contribution in [3.8, 4) is 11.5 Å². The summed E-state index contributed by atoms with van der Waals surface area (Å²) in [5.74, 6) is 1.57. The highest BCUT2D eigenvalue weighted by molar-refractivity contribution is 5.91. The molecule has 0 aliphatic heterocycles. The van der Waals surface area contributed by atoms with Crippen LogP contribution in [0.2, 0.25) is 0 Å². The minimum absolute atomic E-state index is 0.0138. The van der Waals surface area contributed by atoms with Gasteiger partial charge in [-0.25, -0.2) is 0 Å². The molecule has 0 bridgehead atoms. The van der Waals surface area contributed by atoms with Gasteiger partial charge in [0.25, 0.3) is 0 Å². The molecule has 1 aromatic heterocycles. The maximum atomic E-state index is 12.2. The van der Waals surface area contributed by atoms with Gasteiger partial charge in [0.1, 0.15) is 6.61 Å². The Morgan fingerprint density at radius 3 is 2.96 bits per heavy atom. The summed E-state index contributed by atoms with van der Waals surface area (Å²) in [4.78, 5) is 16.3. The lowest BCUT2D eigenvalue weighted by molar-refractivity contribution is -0.116. The first-order chi connectivity index (χ1) is 12.2. The third-order valence-electron chi connectivity index (χ3n) is 4.12. The highest BCUT2D eigenvalue weighted by Gasteiger charge is 2.15. The number of pyridine rings is 1. The summed E-state index contributed by atoms with van der Waals surface area (Å²) < 4.78 is 11.2. The van der Waals surface area contributed by atoms with Crippen LogP contribution < -0.4 is 14.8 Å². The molecule has 130 valence electrons. The van der Waals surface area contributed by atoms with E-state index in [1.165, 1.54) is 0 Å². The summed E-state index contributed by atoms with van der Waals surface area (Å²) >= 11 is 0. The number of ether oxygens (including phenoxy) is 2. The van der Waals surface area contributed by atoms with E-state index in [0.717, 1.165) is 18.4 Å². The van der Waals surface area contributed by atoms with Gasteiger partial charge in [-0.05, 0) is 37.0 Å². The normalized spacial score (nSPS) is 15.8. The second-order valence-electron chi connectivity index (χ2n) is 6.03. The number of carbonyl (C=O) groups excluding carboxylic acids is 1. The molecule has 0 radical (unpaired) electrons. The fraction of sp³-hybridized carbons (Fsp3) is 0.300. The van der Waals surface area contributed by atoms with Crippen LogP contribution in [0, 0.1) is 5.92 Å². The molecule has 2 aromatic rings. The first-order valence-electron chi connectivity index (χ1n) is 8.41. The third-order valence-corrected chi connectivity index (χ3v) is 4.12. The van der Waals surface area contributed by atoms with E-state index in [0.29, 0.717) is 36.1 Å². The lowest BCUT2D eigenvalue weighted by Gasteiger charge is -2.13. The van der Waals surface area contributed by atoms with Gasteiger partial charge in [0.05, 0.1) is 7.11 Å². The van der Waals surface area contributed by atoms with Crippen LogP contribution in [0.4, 0.5) is 5.69 Å². The number of nitrogens with zero attached hydrogens (tertiary/aromatic N) is 1. The predicted molar refractivity (Wildman–Crippen MR) is 96.7 cm³/mol. The molecule has 1 amide bonds. The van der Waals surface area contributed by atoms with Crippen molar-refractivity contribution in [3.05, 3.63) is 60.4 Å². The average molecular weight is 338 g/mol. The van der Waals surface area contributed by atoms with Gasteiger partial charge >= 0.3 is 0 Å². The molecular formula is C20H22N2O3. The second kappa shape index (κ2) is 8.33. The molecule has 25 heavy (non-hydrogen) atoms. The number of allylic oxidation sites excluding steroid dienone is 2. The van der Waals surface area contributed by atoms with Gasteiger partial charge in [-0.15, -0.1) is 0 Å². The van der Waals surface area contributed by atoms with Gasteiger partial charge in [-0.2, -0.15) is 0 Å². The van der Waals surface area contributed by atoms with E-state index in [-0.39, 0.29) is 5.91 Å². The Morgan fingerprint density at radius 1 is 1.32 bits per heavy atom. The molecule has 0 saturated carbocycles. The molecular weight excluding hydrogens is 316 g/mol. The Balaban J connectivity index is 1.64. The fourth-order valence-electron chi connectivity index (χ4n) is 2.83. The number of hydrogen-bond acceptors (Lipinski definition) is 4. The minimum atomic E-state index is 0.0138. The predicted octanol–water partition coefficient (Wildman–Crippen LogP) is 3.96. The molecule has 0 spiro atoms. The monoisotopic (exact) mass is 338 g/mol. The zero-order valence-corrected chi connectivity index (χ0v) is 14.3. The van der Waals surface area contributed by atoms with Crippen LogP contribution in [0.1, 0.15) is 24.8 Å². The van der Waals surface area contributed by atoms with E-state index >= 15 is 0 Å². The summed E-state index contributed by atoms with van der Waals surface area (Å²) in [6.45, 7) is 0.383. The van der Waals surface area contributed by atoms with Gasteiger partial charge in [0, 0.05) is 36.1 Å². The molecule has 1 N–H and O–H groups in total. The number of methoxy groups -OCH3 is 1. The summed E-state index contributed by atoms with van der Waals surface area (Å²) in [6.07, 6.45) is 10.4. The van der Waals surface area contributed by atoms with E-state index in [1.54, 1.807) is 31.6 Å². The van der Waals surface area contributed by atoms with Crippen LogP contribution in [-0.4, -0.2) is 18.0 Å². The van der Waals surface area contributed by atoms with Crippen LogP contribution in [0.3, 0.4) is 0 Å². The second-order valence-corrected chi connectivity index (χ2v) is 6.03. The van der Waals surface area contributed by atoms with Crippen LogP contribution in [0.25, 0.3) is 0 Å². The highest BCUT2D eigenvalue weighted by atomic mass is 16.5. The molecule has 1 aliphatic carbocycles. The maximum Gasteiger partial charge on any atom is 0.224 e. The van der Waals surface area contributed by atoms with Crippen molar-refractivity contribution in [1.82, 2.24) is 4.98 Å². The number of anilines is 1. The van der Waals surface area contributed by atoms with Crippen LogP contribution in [-0.2, 0) is 11.4 Å². The SMILES string of the molecule is COc1ccc(NC(=O)CC2C=CCC2)cc1OCc1cccnc1. The lowest BCUT2D eigenvalue weighted by atomic mass is 10.1. The average Bonchev–Trinajstić information content (AvgIpc) is 3.14. The van der Waals surface area contributed by atoms with Gasteiger partial charge in [-0.3, -0.25) is 9.78 Å². The van der Waals surface area contributed by atoms with Gasteiger partial charge < -0.3 is 14.8 Å². The van der Waals surface area contributed by atoms with Crippen LogP contribution in [0.5, 0.6) is 11.5 Å². The molecule has 5 heteroatoms. The number of amides is 1. The van der Waals surface area contributed by atoms with E-state index in [1.807, 2.05) is 18.2 Å². The largest absolute Gasteiger partial charge is 0.493 e. The van der Waals surface area contributed by atoms with Gasteiger partial charge in [0.2, 0.25) is 5.91 Å². The smallest absolute Gasteiger partial charge is 0.224 e. The number of rotatable bonds is 7. The molecule has 1 aromatic carbocycles. The quantitative estimate of drug-likeness (QED) is 0.776. The summed E-state index contributed by atoms with van der Waals surface area (Å²) in [5, 5.41) is 2.94. The number of nitrogens with one attached hydrogen (secondary N) is 1. The van der Waals surface area contributed by atoms with Crippen molar-refractivity contribution in [2.45, 2.75) is 25.9 Å². The first-order valence-corrected chi connectivity index (χ1v) is 8.41. The molecule has 0 saturated heterocycles. The first kappa shape index (κ1) is 17.0. The molecule has 5 nitrogen and oxygen atoms in total. The molecule has 3 rings (SSSR count). The summed E-state index contributed by atoms with van der Waals surface area (Å²) in [7, 11) is 1.59. The Kier molecular flexibility index (Phi) is 5.67. The van der Waals surface area contributed by atoms with Crippen LogP contribution >= 0.6 is 0 Å². The Hall–Kier alpha value is -2.82. The standard InChI is InChI=1S/C20H22N2O3/c1-24-18-9-8-17(22-20(23)11-15-5-2-3-6-15)12-19(18)25-14-16-7-4-10-21-13-16/h2,4-5,7-10,12-13,15H,3,6,11,14H2,1H3,(H,22,23). The van der Waals surface area contributed by atoms with Crippen molar-refractivity contribution in [2.75, 3.05) is 12.4 Å². The highest BCUT2D eigenvalue weighted by Crippen LogP contribution is 2.31. The number of aromatic nitrogens is 1. The zero-order chi connectivity index (χ0) is 17.5. The van der Waals surface area contributed by atoms with Crippen molar-refractivity contribution in [2.24, 2.45) is 5.92 Å². The third kappa shape index (κ3) is 4.83. The topological polar surface area (TPSA) is 60.5 Å². The van der Waals surface area contributed by atoms with Gasteiger partial charge in [0.15, 0.2) is 11.5 Å². The van der Waals surface area contributed by atoms with Gasteiger partial charge in [-0.1, -0.05) is 18.2 Å². The Labute approximate surface area is 147 Å². The molecule has 1 heterocycles. The summed E-state index contributed by atoms with van der Waals surface area (Å²) in [6, 6.07) is 9.21. The Morgan fingerprint density at radius 2 is 2.24 bits per heavy atom. The number of hydrogen-bond donors (Lipinski definition) is 1. The maximum absolute atomic E-state index is 12.2. The van der Waals surface area contributed by atoms with Crippen LogP contribution in [0.15, 0.2) is 54.9 Å². The number of benzene rings is 1.